The van der Waals surface area contributed by atoms with Gasteiger partial charge in [-0.1, -0.05) is 83.1 Å². The number of hydrogen-bond donors (Lipinski definition) is 0. The van der Waals surface area contributed by atoms with Crippen LogP contribution in [0.3, 0.4) is 0 Å². The second-order valence-corrected chi connectivity index (χ2v) is 10.3. The maximum absolute atomic E-state index is 6.43. The molecule has 0 fully saturated rings. The molecule has 0 heterocycles. The van der Waals surface area contributed by atoms with E-state index in [0.717, 1.165) is 12.2 Å². The van der Waals surface area contributed by atoms with Crippen LogP contribution < -0.4 is 14.9 Å². The molecule has 0 aliphatic heterocycles. The molecule has 158 valence electrons. The van der Waals surface area contributed by atoms with E-state index in [1.165, 1.54) is 33.2 Å². The Morgan fingerprint density at radius 2 is 1.67 bits per heavy atom. The van der Waals surface area contributed by atoms with Crippen LogP contribution in [0.4, 0.5) is 5.69 Å². The zero-order valence-electron chi connectivity index (χ0n) is 19.1. The Labute approximate surface area is 184 Å². The number of rotatable bonds is 8. The maximum Gasteiger partial charge on any atom is 0.126 e. The highest BCUT2D eigenvalue weighted by Crippen LogP contribution is 2.49. The molecule has 0 aromatic heterocycles. The first-order valence-corrected chi connectivity index (χ1v) is 11.7. The van der Waals surface area contributed by atoms with Crippen molar-refractivity contribution in [2.75, 3.05) is 19.0 Å². The van der Waals surface area contributed by atoms with Gasteiger partial charge >= 0.3 is 0 Å². The van der Waals surface area contributed by atoms with E-state index in [1.807, 2.05) is 6.07 Å². The Morgan fingerprint density at radius 3 is 2.33 bits per heavy atom. The summed E-state index contributed by atoms with van der Waals surface area (Å²) in [4.78, 5) is 2.23. The summed E-state index contributed by atoms with van der Waals surface area (Å²) in [6.07, 6.45) is 1.05. The predicted molar refractivity (Wildman–Crippen MR) is 133 cm³/mol. The average Bonchev–Trinajstić information content (AvgIpc) is 2.74. The van der Waals surface area contributed by atoms with E-state index in [2.05, 4.69) is 107 Å². The van der Waals surface area contributed by atoms with E-state index >= 15 is 0 Å². The molecule has 2 atom stereocenters. The van der Waals surface area contributed by atoms with Crippen molar-refractivity contribution in [2.45, 2.75) is 45.9 Å². The van der Waals surface area contributed by atoms with Gasteiger partial charge in [0, 0.05) is 30.5 Å². The van der Waals surface area contributed by atoms with Crippen LogP contribution in [0, 0.1) is 13.8 Å². The van der Waals surface area contributed by atoms with E-state index in [4.69, 9.17) is 4.74 Å². The lowest BCUT2D eigenvalue weighted by atomic mass is 9.94. The summed E-state index contributed by atoms with van der Waals surface area (Å²) in [6.45, 7) is 9.58. The maximum atomic E-state index is 6.43. The summed E-state index contributed by atoms with van der Waals surface area (Å²) < 4.78 is 6.43. The van der Waals surface area contributed by atoms with Crippen molar-refractivity contribution in [3.8, 4) is 5.75 Å². The molecule has 0 bridgehead atoms. The molecule has 30 heavy (non-hydrogen) atoms. The molecule has 0 radical (unpaired) electrons. The zero-order chi connectivity index (χ0) is 21.7. The minimum atomic E-state index is 0.0120. The van der Waals surface area contributed by atoms with E-state index in [9.17, 15) is 0 Å². The number of anilines is 1. The van der Waals surface area contributed by atoms with Crippen LogP contribution in [0.5, 0.6) is 5.75 Å². The summed E-state index contributed by atoms with van der Waals surface area (Å²) >= 11 is 0. The highest BCUT2D eigenvalue weighted by molar-refractivity contribution is 7.49. The fraction of sp³-hybridized carbons (Fsp3) is 0.333. The molecule has 3 heteroatoms. The third-order valence-corrected chi connectivity index (χ3v) is 7.65. The SMILES string of the molecule is CCC(C)(Pc1ccc(C)cc1N(C)C)c1cccc(C)c1OCc1ccccc1. The first-order valence-electron chi connectivity index (χ1n) is 10.7. The quantitative estimate of drug-likeness (QED) is 0.383. The Bertz CT molecular complexity index is 983. The number of ether oxygens (including phenoxy) is 1. The van der Waals surface area contributed by atoms with Gasteiger partial charge in [-0.2, -0.15) is 0 Å². The first kappa shape index (κ1) is 22.4. The Hall–Kier alpha value is -2.31. The van der Waals surface area contributed by atoms with Gasteiger partial charge in [-0.15, -0.1) is 0 Å². The van der Waals surface area contributed by atoms with Gasteiger partial charge in [-0.25, -0.2) is 0 Å². The normalized spacial score (nSPS) is 13.4. The molecule has 0 aliphatic carbocycles. The molecule has 0 saturated heterocycles. The number of hydrogen-bond acceptors (Lipinski definition) is 2. The standard InChI is InChI=1S/C27H34NOP/c1-7-27(4,30-25-17-16-20(2)18-24(25)28(5)6)23-15-11-12-21(3)26(23)29-19-22-13-9-8-10-14-22/h8-18,30H,7,19H2,1-6H3. The van der Waals surface area contributed by atoms with Crippen molar-refractivity contribution in [3.05, 3.63) is 89.0 Å². The smallest absolute Gasteiger partial charge is 0.126 e. The summed E-state index contributed by atoms with van der Waals surface area (Å²) in [5.74, 6) is 1.04. The minimum absolute atomic E-state index is 0.0120. The first-order chi connectivity index (χ1) is 14.3. The van der Waals surface area contributed by atoms with Crippen LogP contribution in [0.2, 0.25) is 0 Å². The molecule has 2 nitrogen and oxygen atoms in total. The summed E-state index contributed by atoms with van der Waals surface area (Å²) in [5, 5.41) is 1.42. The molecule has 0 amide bonds. The van der Waals surface area contributed by atoms with Gasteiger partial charge in [0.2, 0.25) is 0 Å². The van der Waals surface area contributed by atoms with Gasteiger partial charge in [0.05, 0.1) is 0 Å². The molecule has 3 rings (SSSR count). The average molecular weight is 420 g/mol. The summed E-state index contributed by atoms with van der Waals surface area (Å²) in [5.41, 5.74) is 6.32. The fourth-order valence-corrected chi connectivity index (χ4v) is 5.46. The van der Waals surface area contributed by atoms with Crippen LogP contribution in [0.25, 0.3) is 0 Å². The van der Waals surface area contributed by atoms with Gasteiger partial charge in [-0.05, 0) is 48.3 Å². The van der Waals surface area contributed by atoms with E-state index in [-0.39, 0.29) is 5.16 Å². The van der Waals surface area contributed by atoms with Crippen molar-refractivity contribution in [1.29, 1.82) is 0 Å². The number of aryl methyl sites for hydroxylation is 2. The van der Waals surface area contributed by atoms with Crippen LogP contribution >= 0.6 is 8.58 Å². The Morgan fingerprint density at radius 1 is 0.933 bits per heavy atom. The van der Waals surface area contributed by atoms with E-state index in [0.29, 0.717) is 15.2 Å². The Balaban J connectivity index is 1.97. The molecule has 0 spiro atoms. The second-order valence-electron chi connectivity index (χ2n) is 8.45. The zero-order valence-corrected chi connectivity index (χ0v) is 20.1. The molecule has 0 N–H and O–H groups in total. The van der Waals surface area contributed by atoms with E-state index in [1.54, 1.807) is 0 Å². The summed E-state index contributed by atoms with van der Waals surface area (Å²) in [6, 6.07) is 23.8. The largest absolute Gasteiger partial charge is 0.488 e. The fourth-order valence-electron chi connectivity index (χ4n) is 3.77. The molecule has 2 unspecified atom stereocenters. The Kier molecular flexibility index (Phi) is 7.21. The third kappa shape index (κ3) is 5.05. The van der Waals surface area contributed by atoms with Gasteiger partial charge in [0.25, 0.3) is 0 Å². The predicted octanol–water partition coefficient (Wildman–Crippen LogP) is 6.58. The molecular formula is C27H34NOP. The molecule has 3 aromatic carbocycles. The van der Waals surface area contributed by atoms with Gasteiger partial charge in [0.1, 0.15) is 12.4 Å². The van der Waals surface area contributed by atoms with Crippen LogP contribution in [-0.4, -0.2) is 14.1 Å². The van der Waals surface area contributed by atoms with Crippen LogP contribution in [-0.2, 0) is 11.8 Å². The lowest BCUT2D eigenvalue weighted by molar-refractivity contribution is 0.297. The van der Waals surface area contributed by atoms with Crippen molar-refractivity contribution in [1.82, 2.24) is 0 Å². The van der Waals surface area contributed by atoms with E-state index < -0.39 is 0 Å². The third-order valence-electron chi connectivity index (χ3n) is 5.79. The lowest BCUT2D eigenvalue weighted by Crippen LogP contribution is -2.23. The van der Waals surface area contributed by atoms with Gasteiger partial charge < -0.3 is 9.64 Å². The lowest BCUT2D eigenvalue weighted by Gasteiger charge is -2.33. The van der Waals surface area contributed by atoms with Gasteiger partial charge in [-0.3, -0.25) is 0 Å². The second kappa shape index (κ2) is 9.67. The molecular weight excluding hydrogens is 385 g/mol. The summed E-state index contributed by atoms with van der Waals surface area (Å²) in [7, 11) is 4.92. The number of para-hydroxylation sites is 1. The van der Waals surface area contributed by atoms with Crippen molar-refractivity contribution >= 4 is 19.6 Å². The van der Waals surface area contributed by atoms with Gasteiger partial charge in [0.15, 0.2) is 0 Å². The van der Waals surface area contributed by atoms with Crippen molar-refractivity contribution < 1.29 is 4.74 Å². The highest BCUT2D eigenvalue weighted by atomic mass is 31.1. The van der Waals surface area contributed by atoms with Crippen molar-refractivity contribution in [3.63, 3.8) is 0 Å². The van der Waals surface area contributed by atoms with Crippen molar-refractivity contribution in [2.24, 2.45) is 0 Å². The topological polar surface area (TPSA) is 12.5 Å². The van der Waals surface area contributed by atoms with Crippen LogP contribution in [0.1, 0.15) is 42.5 Å². The number of nitrogens with zero attached hydrogens (tertiary/aromatic N) is 1. The molecule has 0 aliphatic rings. The monoisotopic (exact) mass is 419 g/mol. The number of benzene rings is 3. The highest BCUT2D eigenvalue weighted by Gasteiger charge is 2.30. The van der Waals surface area contributed by atoms with Crippen LogP contribution in [0.15, 0.2) is 66.7 Å². The minimum Gasteiger partial charge on any atom is -0.488 e. The molecule has 3 aromatic rings. The molecule has 0 saturated carbocycles.